The van der Waals surface area contributed by atoms with E-state index in [0.29, 0.717) is 6.54 Å². The van der Waals surface area contributed by atoms with Crippen molar-refractivity contribution in [1.29, 1.82) is 0 Å². The van der Waals surface area contributed by atoms with Crippen molar-refractivity contribution in [1.82, 2.24) is 5.32 Å². The zero-order valence-corrected chi connectivity index (χ0v) is 12.4. The number of carbonyl (C=O) groups is 1. The minimum atomic E-state index is -0.0182. The molecule has 1 aromatic carbocycles. The Balaban J connectivity index is 2.93. The zero-order chi connectivity index (χ0) is 14.0. The molecule has 0 unspecified atom stereocenters. The highest BCUT2D eigenvalue weighted by Gasteiger charge is 2.21. The molecule has 2 heteroatoms. The van der Waals surface area contributed by atoms with Crippen LogP contribution in [0.25, 0.3) is 0 Å². The number of hydrogen-bond acceptors (Lipinski definition) is 1. The van der Waals surface area contributed by atoms with E-state index in [2.05, 4.69) is 46.9 Å². The number of hydrogen-bond donors (Lipinski definition) is 1. The van der Waals surface area contributed by atoms with Crippen molar-refractivity contribution in [2.75, 3.05) is 6.54 Å². The van der Waals surface area contributed by atoms with Crippen LogP contribution in [0.5, 0.6) is 0 Å². The van der Waals surface area contributed by atoms with Crippen molar-refractivity contribution < 1.29 is 4.79 Å². The summed E-state index contributed by atoms with van der Waals surface area (Å²) >= 11 is 0. The van der Waals surface area contributed by atoms with Crippen molar-refractivity contribution in [3.63, 3.8) is 0 Å². The Bertz CT molecular complexity index is 421. The van der Waals surface area contributed by atoms with Gasteiger partial charge < -0.3 is 5.32 Å². The van der Waals surface area contributed by atoms with Crippen LogP contribution in [-0.2, 0) is 5.41 Å². The van der Waals surface area contributed by atoms with Gasteiger partial charge in [0, 0.05) is 12.1 Å². The standard InChI is InChI=1S/C16H25NO/c1-15(2,3)11-17-14(18)12-9-7-8-10-13(12)16(4,5)6/h7-10H,11H2,1-6H3,(H,17,18). The van der Waals surface area contributed by atoms with E-state index in [4.69, 9.17) is 0 Å². The molecule has 2 nitrogen and oxygen atoms in total. The molecule has 0 bridgehead atoms. The molecule has 18 heavy (non-hydrogen) atoms. The largest absolute Gasteiger partial charge is 0.352 e. The first-order valence-corrected chi connectivity index (χ1v) is 6.49. The lowest BCUT2D eigenvalue weighted by molar-refractivity contribution is 0.0937. The van der Waals surface area contributed by atoms with Gasteiger partial charge in [-0.1, -0.05) is 59.7 Å². The molecule has 1 amide bonds. The Labute approximate surface area is 111 Å². The summed E-state index contributed by atoms with van der Waals surface area (Å²) in [6.07, 6.45) is 0. The topological polar surface area (TPSA) is 29.1 Å². The monoisotopic (exact) mass is 247 g/mol. The van der Waals surface area contributed by atoms with Gasteiger partial charge in [0.1, 0.15) is 0 Å². The van der Waals surface area contributed by atoms with Crippen LogP contribution in [0, 0.1) is 5.41 Å². The fourth-order valence-electron chi connectivity index (χ4n) is 1.78. The number of benzene rings is 1. The summed E-state index contributed by atoms with van der Waals surface area (Å²) in [7, 11) is 0. The second-order valence-electron chi connectivity index (χ2n) is 7.04. The van der Waals surface area contributed by atoms with Crippen molar-refractivity contribution in [3.05, 3.63) is 35.4 Å². The summed E-state index contributed by atoms with van der Waals surface area (Å²) in [4.78, 5) is 12.2. The third-order valence-electron chi connectivity index (χ3n) is 2.76. The first-order chi connectivity index (χ1) is 8.11. The quantitative estimate of drug-likeness (QED) is 0.847. The predicted molar refractivity (Wildman–Crippen MR) is 76.9 cm³/mol. The maximum Gasteiger partial charge on any atom is 0.251 e. The first-order valence-electron chi connectivity index (χ1n) is 6.49. The van der Waals surface area contributed by atoms with Gasteiger partial charge >= 0.3 is 0 Å². The van der Waals surface area contributed by atoms with E-state index in [0.717, 1.165) is 11.1 Å². The van der Waals surface area contributed by atoms with E-state index in [9.17, 15) is 4.79 Å². The molecule has 1 N–H and O–H groups in total. The summed E-state index contributed by atoms with van der Waals surface area (Å²) in [5.41, 5.74) is 1.97. The van der Waals surface area contributed by atoms with E-state index in [1.54, 1.807) is 0 Å². The fraction of sp³-hybridized carbons (Fsp3) is 0.562. The van der Waals surface area contributed by atoms with Gasteiger partial charge in [0.15, 0.2) is 0 Å². The average molecular weight is 247 g/mol. The van der Waals surface area contributed by atoms with Gasteiger partial charge in [-0.05, 0) is 22.5 Å². The Morgan fingerprint density at radius 3 is 2.11 bits per heavy atom. The molecule has 0 aliphatic carbocycles. The molecular formula is C16H25NO. The highest BCUT2D eigenvalue weighted by Crippen LogP contribution is 2.25. The molecule has 1 rings (SSSR count). The Kier molecular flexibility index (Phi) is 4.20. The van der Waals surface area contributed by atoms with Gasteiger partial charge in [-0.25, -0.2) is 0 Å². The first kappa shape index (κ1) is 14.7. The summed E-state index contributed by atoms with van der Waals surface area (Å²) in [6.45, 7) is 13.4. The Morgan fingerprint density at radius 1 is 1.06 bits per heavy atom. The normalized spacial score (nSPS) is 12.3. The van der Waals surface area contributed by atoms with E-state index in [-0.39, 0.29) is 16.7 Å². The minimum Gasteiger partial charge on any atom is -0.352 e. The van der Waals surface area contributed by atoms with Crippen LogP contribution in [0.1, 0.15) is 57.5 Å². The molecule has 100 valence electrons. The summed E-state index contributed by atoms with van der Waals surface area (Å²) in [6, 6.07) is 7.84. The van der Waals surface area contributed by atoms with Gasteiger partial charge in [-0.15, -0.1) is 0 Å². The van der Waals surface area contributed by atoms with Crippen LogP contribution in [0.3, 0.4) is 0 Å². The molecule has 0 aliphatic heterocycles. The zero-order valence-electron chi connectivity index (χ0n) is 12.4. The molecule has 0 fully saturated rings. The highest BCUT2D eigenvalue weighted by atomic mass is 16.1. The van der Waals surface area contributed by atoms with Crippen LogP contribution < -0.4 is 5.32 Å². The molecular weight excluding hydrogens is 222 g/mol. The third-order valence-corrected chi connectivity index (χ3v) is 2.76. The predicted octanol–water partition coefficient (Wildman–Crippen LogP) is 3.76. The van der Waals surface area contributed by atoms with Crippen LogP contribution in [0.4, 0.5) is 0 Å². The average Bonchev–Trinajstić information content (AvgIpc) is 2.24. The smallest absolute Gasteiger partial charge is 0.251 e. The summed E-state index contributed by atoms with van der Waals surface area (Å²) < 4.78 is 0. The van der Waals surface area contributed by atoms with Gasteiger partial charge in [0.25, 0.3) is 5.91 Å². The van der Waals surface area contributed by atoms with Crippen LogP contribution in [0.2, 0.25) is 0 Å². The van der Waals surface area contributed by atoms with Crippen LogP contribution in [-0.4, -0.2) is 12.5 Å². The van der Waals surface area contributed by atoms with E-state index in [1.807, 2.05) is 24.3 Å². The molecule has 0 heterocycles. The van der Waals surface area contributed by atoms with Crippen molar-refractivity contribution in [2.45, 2.75) is 47.0 Å². The van der Waals surface area contributed by atoms with E-state index >= 15 is 0 Å². The maximum absolute atomic E-state index is 12.2. The SMILES string of the molecule is CC(C)(C)CNC(=O)c1ccccc1C(C)(C)C. The summed E-state index contributed by atoms with van der Waals surface area (Å²) in [5, 5.41) is 3.01. The molecule has 0 saturated heterocycles. The lowest BCUT2D eigenvalue weighted by atomic mass is 9.83. The molecule has 0 aromatic heterocycles. The maximum atomic E-state index is 12.2. The Hall–Kier alpha value is -1.31. The highest BCUT2D eigenvalue weighted by molar-refractivity contribution is 5.96. The molecule has 0 saturated carbocycles. The minimum absolute atomic E-state index is 0.0182. The summed E-state index contributed by atoms with van der Waals surface area (Å²) in [5.74, 6) is 0.0236. The second kappa shape index (κ2) is 5.13. The van der Waals surface area contributed by atoms with E-state index in [1.165, 1.54) is 0 Å². The van der Waals surface area contributed by atoms with Gasteiger partial charge in [0.2, 0.25) is 0 Å². The van der Waals surface area contributed by atoms with Crippen molar-refractivity contribution >= 4 is 5.91 Å². The lowest BCUT2D eigenvalue weighted by Crippen LogP contribution is -2.33. The lowest BCUT2D eigenvalue weighted by Gasteiger charge is -2.24. The third kappa shape index (κ3) is 4.17. The molecule has 0 aliphatic rings. The second-order valence-corrected chi connectivity index (χ2v) is 7.04. The van der Waals surface area contributed by atoms with Crippen molar-refractivity contribution in [3.8, 4) is 0 Å². The molecule has 0 spiro atoms. The molecule has 0 radical (unpaired) electrons. The number of nitrogens with one attached hydrogen (secondary N) is 1. The van der Waals surface area contributed by atoms with Crippen LogP contribution >= 0.6 is 0 Å². The number of rotatable bonds is 2. The van der Waals surface area contributed by atoms with E-state index < -0.39 is 0 Å². The van der Waals surface area contributed by atoms with Gasteiger partial charge in [0.05, 0.1) is 0 Å². The van der Waals surface area contributed by atoms with Gasteiger partial charge in [-0.2, -0.15) is 0 Å². The van der Waals surface area contributed by atoms with Crippen LogP contribution in [0.15, 0.2) is 24.3 Å². The Morgan fingerprint density at radius 2 is 1.61 bits per heavy atom. The number of carbonyl (C=O) groups excluding carboxylic acids is 1. The molecule has 0 atom stereocenters. The fourth-order valence-corrected chi connectivity index (χ4v) is 1.78. The molecule has 1 aromatic rings. The van der Waals surface area contributed by atoms with Crippen molar-refractivity contribution in [2.24, 2.45) is 5.41 Å². The number of amides is 1. The van der Waals surface area contributed by atoms with Gasteiger partial charge in [-0.3, -0.25) is 4.79 Å².